The van der Waals surface area contributed by atoms with Crippen LogP contribution in [0.5, 0.6) is 0 Å². The quantitative estimate of drug-likeness (QED) is 0.763. The summed E-state index contributed by atoms with van der Waals surface area (Å²) in [6, 6.07) is 8.36. The van der Waals surface area contributed by atoms with Gasteiger partial charge >= 0.3 is 0 Å². The first kappa shape index (κ1) is 20.0. The number of benzene rings is 1. The molecule has 154 valence electrons. The van der Waals surface area contributed by atoms with Gasteiger partial charge in [0, 0.05) is 24.0 Å². The average Bonchev–Trinajstić information content (AvgIpc) is 3.61. The summed E-state index contributed by atoms with van der Waals surface area (Å²) in [6.45, 7) is 3.81. The molecule has 0 atom stereocenters. The molecule has 1 N–H and O–H groups in total. The van der Waals surface area contributed by atoms with Crippen molar-refractivity contribution in [1.29, 1.82) is 5.26 Å². The summed E-state index contributed by atoms with van der Waals surface area (Å²) in [7, 11) is 0. The number of nitrogens with one attached hydrogen (secondary N) is 1. The van der Waals surface area contributed by atoms with Crippen molar-refractivity contribution in [3.8, 4) is 17.3 Å². The number of rotatable bonds is 7. The lowest BCUT2D eigenvalue weighted by Crippen LogP contribution is -2.28. The van der Waals surface area contributed by atoms with E-state index < -0.39 is 0 Å². The van der Waals surface area contributed by atoms with Gasteiger partial charge in [-0.25, -0.2) is 4.98 Å². The van der Waals surface area contributed by atoms with E-state index in [1.165, 1.54) is 10.6 Å². The van der Waals surface area contributed by atoms with Crippen LogP contribution in [0.1, 0.15) is 50.4 Å². The van der Waals surface area contributed by atoms with E-state index in [-0.39, 0.29) is 35.1 Å². The van der Waals surface area contributed by atoms with Crippen LogP contribution in [0.15, 0.2) is 29.1 Å². The molecule has 1 amide bonds. The van der Waals surface area contributed by atoms with Crippen LogP contribution < -0.4 is 10.9 Å². The standard InChI is InChI=1S/C23H24N4O3/c1-14-25-20(10-21(29)27(14)13-17(28)11-23(2)7-8-23)18-6-3-15(12-24)9-19(18)26-22(30)16-4-5-16/h3,6,9-10,16H,4-5,7-8,11,13H2,1-2H3,(H,26,30). The second kappa shape index (κ2) is 7.52. The summed E-state index contributed by atoms with van der Waals surface area (Å²) in [4.78, 5) is 41.9. The molecule has 0 spiro atoms. The second-order valence-electron chi connectivity index (χ2n) is 8.77. The molecule has 0 radical (unpaired) electrons. The molecule has 1 aromatic heterocycles. The van der Waals surface area contributed by atoms with Crippen LogP contribution in [0.4, 0.5) is 5.69 Å². The Morgan fingerprint density at radius 3 is 2.63 bits per heavy atom. The lowest BCUT2D eigenvalue weighted by Gasteiger charge is -2.14. The van der Waals surface area contributed by atoms with Crippen LogP contribution in [-0.4, -0.2) is 21.2 Å². The van der Waals surface area contributed by atoms with Crippen molar-refractivity contribution in [2.24, 2.45) is 11.3 Å². The number of nitriles is 1. The lowest BCUT2D eigenvalue weighted by molar-refractivity contribution is -0.121. The molecule has 2 saturated carbocycles. The fourth-order valence-corrected chi connectivity index (χ4v) is 3.57. The summed E-state index contributed by atoms with van der Waals surface area (Å²) in [5.74, 6) is 0.391. The Labute approximate surface area is 174 Å². The Hall–Kier alpha value is -3.27. The van der Waals surface area contributed by atoms with Gasteiger partial charge in [0.15, 0.2) is 5.78 Å². The maximum absolute atomic E-state index is 12.8. The average molecular weight is 404 g/mol. The SMILES string of the molecule is Cc1nc(-c2ccc(C#N)cc2NC(=O)C2CC2)cc(=O)n1CC(=O)CC1(C)CC1. The van der Waals surface area contributed by atoms with Gasteiger partial charge in [-0.2, -0.15) is 5.26 Å². The zero-order valence-corrected chi connectivity index (χ0v) is 17.2. The Bertz CT molecular complexity index is 1130. The summed E-state index contributed by atoms with van der Waals surface area (Å²) >= 11 is 0. The van der Waals surface area contributed by atoms with Gasteiger partial charge in [-0.15, -0.1) is 0 Å². The number of aryl methyl sites for hydroxylation is 1. The summed E-state index contributed by atoms with van der Waals surface area (Å²) < 4.78 is 1.39. The minimum Gasteiger partial charge on any atom is -0.325 e. The smallest absolute Gasteiger partial charge is 0.254 e. The lowest BCUT2D eigenvalue weighted by atomic mass is 10.0. The van der Waals surface area contributed by atoms with E-state index >= 15 is 0 Å². The van der Waals surface area contributed by atoms with Crippen molar-refractivity contribution in [3.63, 3.8) is 0 Å². The van der Waals surface area contributed by atoms with Crippen LogP contribution in [0.25, 0.3) is 11.3 Å². The van der Waals surface area contributed by atoms with E-state index in [9.17, 15) is 19.6 Å². The normalized spacial score (nSPS) is 16.6. The Kier molecular flexibility index (Phi) is 5.02. The number of anilines is 1. The van der Waals surface area contributed by atoms with Crippen LogP contribution in [0.2, 0.25) is 0 Å². The third-order valence-corrected chi connectivity index (χ3v) is 5.89. The van der Waals surface area contributed by atoms with Crippen molar-refractivity contribution < 1.29 is 9.59 Å². The molecule has 2 aliphatic rings. The molecule has 1 aromatic carbocycles. The van der Waals surface area contributed by atoms with Crippen molar-refractivity contribution in [2.75, 3.05) is 5.32 Å². The third kappa shape index (κ3) is 4.33. The zero-order valence-electron chi connectivity index (χ0n) is 17.2. The molecule has 1 heterocycles. The first-order valence-corrected chi connectivity index (χ1v) is 10.2. The minimum atomic E-state index is -0.310. The van der Waals surface area contributed by atoms with E-state index in [0.29, 0.717) is 34.8 Å². The van der Waals surface area contributed by atoms with Crippen LogP contribution >= 0.6 is 0 Å². The fraction of sp³-hybridized carbons (Fsp3) is 0.435. The first-order chi connectivity index (χ1) is 14.3. The maximum atomic E-state index is 12.8. The highest BCUT2D eigenvalue weighted by atomic mass is 16.2. The molecular weight excluding hydrogens is 380 g/mol. The number of ketones is 1. The summed E-state index contributed by atoms with van der Waals surface area (Å²) in [5, 5.41) is 12.1. The molecule has 7 heteroatoms. The van der Waals surface area contributed by atoms with Gasteiger partial charge in [0.25, 0.3) is 5.56 Å². The van der Waals surface area contributed by atoms with Crippen LogP contribution in [0, 0.1) is 29.6 Å². The van der Waals surface area contributed by atoms with Gasteiger partial charge in [0.1, 0.15) is 5.82 Å². The molecule has 7 nitrogen and oxygen atoms in total. The number of Topliss-reactive ketones (excluding diaryl/α,β-unsaturated/α-hetero) is 1. The van der Waals surface area contributed by atoms with Gasteiger partial charge < -0.3 is 5.32 Å². The molecular formula is C23H24N4O3. The number of amides is 1. The van der Waals surface area contributed by atoms with Crippen LogP contribution in [-0.2, 0) is 16.1 Å². The predicted molar refractivity (Wildman–Crippen MR) is 112 cm³/mol. The number of aromatic nitrogens is 2. The number of nitrogens with zero attached hydrogens (tertiary/aromatic N) is 3. The predicted octanol–water partition coefficient (Wildman–Crippen LogP) is 3.20. The monoisotopic (exact) mass is 404 g/mol. The van der Waals surface area contributed by atoms with E-state index in [4.69, 9.17) is 0 Å². The van der Waals surface area contributed by atoms with Gasteiger partial charge in [-0.3, -0.25) is 19.0 Å². The molecule has 2 fully saturated rings. The number of carbonyl (C=O) groups excluding carboxylic acids is 2. The third-order valence-electron chi connectivity index (χ3n) is 5.89. The molecule has 0 aliphatic heterocycles. The van der Waals surface area contributed by atoms with Crippen molar-refractivity contribution in [2.45, 2.75) is 52.5 Å². The van der Waals surface area contributed by atoms with E-state index in [0.717, 1.165) is 25.7 Å². The fourth-order valence-electron chi connectivity index (χ4n) is 3.57. The van der Waals surface area contributed by atoms with E-state index in [2.05, 4.69) is 23.3 Å². The highest BCUT2D eigenvalue weighted by molar-refractivity contribution is 5.97. The van der Waals surface area contributed by atoms with E-state index in [1.54, 1.807) is 25.1 Å². The molecule has 30 heavy (non-hydrogen) atoms. The first-order valence-electron chi connectivity index (χ1n) is 10.2. The number of hydrogen-bond acceptors (Lipinski definition) is 5. The molecule has 0 saturated heterocycles. The molecule has 0 unspecified atom stereocenters. The van der Waals surface area contributed by atoms with Gasteiger partial charge in [-0.1, -0.05) is 6.92 Å². The summed E-state index contributed by atoms with van der Waals surface area (Å²) in [5.41, 5.74) is 1.65. The van der Waals surface area contributed by atoms with Crippen molar-refractivity contribution in [3.05, 3.63) is 46.0 Å². The number of carbonyl (C=O) groups is 2. The van der Waals surface area contributed by atoms with E-state index in [1.807, 2.05) is 0 Å². The second-order valence-corrected chi connectivity index (χ2v) is 8.77. The largest absolute Gasteiger partial charge is 0.325 e. The van der Waals surface area contributed by atoms with Gasteiger partial charge in [0.05, 0.1) is 29.6 Å². The minimum absolute atomic E-state index is 0.00521. The number of hydrogen-bond donors (Lipinski definition) is 1. The highest BCUT2D eigenvalue weighted by Gasteiger charge is 2.39. The summed E-state index contributed by atoms with van der Waals surface area (Å²) in [6.07, 6.45) is 4.31. The molecule has 2 aliphatic carbocycles. The maximum Gasteiger partial charge on any atom is 0.254 e. The van der Waals surface area contributed by atoms with Gasteiger partial charge in [0.2, 0.25) is 5.91 Å². The topological polar surface area (TPSA) is 105 Å². The van der Waals surface area contributed by atoms with Crippen LogP contribution in [0.3, 0.4) is 0 Å². The molecule has 2 aromatic rings. The Morgan fingerprint density at radius 1 is 1.30 bits per heavy atom. The Morgan fingerprint density at radius 2 is 2.03 bits per heavy atom. The van der Waals surface area contributed by atoms with Crippen molar-refractivity contribution >= 4 is 17.4 Å². The zero-order chi connectivity index (χ0) is 21.5. The molecule has 4 rings (SSSR count). The molecule has 0 bridgehead atoms. The highest BCUT2D eigenvalue weighted by Crippen LogP contribution is 2.48. The van der Waals surface area contributed by atoms with Crippen molar-refractivity contribution in [1.82, 2.24) is 9.55 Å². The Balaban J connectivity index is 1.63. The van der Waals surface area contributed by atoms with Gasteiger partial charge in [-0.05, 0) is 56.2 Å².